The minimum absolute atomic E-state index is 0.0146. The second kappa shape index (κ2) is 8.08. The summed E-state index contributed by atoms with van der Waals surface area (Å²) in [6.45, 7) is 8.02. The monoisotopic (exact) mass is 369 g/mol. The highest BCUT2D eigenvalue weighted by Crippen LogP contribution is 2.19. The molecule has 0 aliphatic carbocycles. The summed E-state index contributed by atoms with van der Waals surface area (Å²) in [5, 5.41) is 0. The number of rotatable bonds is 5. The normalized spacial score (nSPS) is 18.3. The van der Waals surface area contributed by atoms with Crippen LogP contribution in [0.15, 0.2) is 28.9 Å². The number of aryl methyl sites for hydroxylation is 1. The number of aromatic nitrogens is 2. The van der Waals surface area contributed by atoms with Crippen molar-refractivity contribution < 1.29 is 9.21 Å². The Morgan fingerprint density at radius 2 is 1.85 bits per heavy atom. The smallest absolute Gasteiger partial charge is 0.289 e. The van der Waals surface area contributed by atoms with E-state index in [4.69, 9.17) is 4.42 Å². The number of amides is 1. The molecule has 2 aromatic heterocycles. The summed E-state index contributed by atoms with van der Waals surface area (Å²) >= 11 is 0. The molecule has 7 heteroatoms. The van der Waals surface area contributed by atoms with Crippen molar-refractivity contribution in [2.45, 2.75) is 32.7 Å². The van der Waals surface area contributed by atoms with Gasteiger partial charge >= 0.3 is 0 Å². The molecular formula is C20H27N5O2. The molecule has 0 radical (unpaired) electrons. The molecule has 0 atom stereocenters. The molecule has 0 unspecified atom stereocenters. The summed E-state index contributed by atoms with van der Waals surface area (Å²) < 4.78 is 5.84. The van der Waals surface area contributed by atoms with E-state index in [0.717, 1.165) is 56.4 Å². The Hall–Kier alpha value is -2.41. The van der Waals surface area contributed by atoms with Crippen molar-refractivity contribution in [2.24, 2.45) is 0 Å². The molecule has 0 bridgehead atoms. The predicted octanol–water partition coefficient (Wildman–Crippen LogP) is 2.19. The molecule has 2 aliphatic heterocycles. The van der Waals surface area contributed by atoms with Crippen molar-refractivity contribution in [3.63, 3.8) is 0 Å². The minimum Gasteiger partial charge on any atom is -0.455 e. The first-order chi connectivity index (χ1) is 13.2. The van der Waals surface area contributed by atoms with Crippen LogP contribution in [0, 0.1) is 0 Å². The van der Waals surface area contributed by atoms with Crippen LogP contribution in [-0.2, 0) is 13.0 Å². The minimum atomic E-state index is -0.0146. The Morgan fingerprint density at radius 1 is 1.07 bits per heavy atom. The first-order valence-corrected chi connectivity index (χ1v) is 9.89. The molecule has 2 fully saturated rings. The zero-order chi connectivity index (χ0) is 18.6. The zero-order valence-corrected chi connectivity index (χ0v) is 15.9. The van der Waals surface area contributed by atoms with Crippen LogP contribution >= 0.6 is 0 Å². The lowest BCUT2D eigenvalue weighted by Gasteiger charge is -2.35. The van der Waals surface area contributed by atoms with E-state index in [1.807, 2.05) is 23.1 Å². The molecule has 27 heavy (non-hydrogen) atoms. The quantitative estimate of drug-likeness (QED) is 0.805. The predicted molar refractivity (Wildman–Crippen MR) is 103 cm³/mol. The van der Waals surface area contributed by atoms with E-state index in [2.05, 4.69) is 26.7 Å². The molecule has 4 heterocycles. The fourth-order valence-corrected chi connectivity index (χ4v) is 3.79. The van der Waals surface area contributed by atoms with E-state index in [-0.39, 0.29) is 5.91 Å². The summed E-state index contributed by atoms with van der Waals surface area (Å²) in [4.78, 5) is 27.9. The number of hydrogen-bond acceptors (Lipinski definition) is 6. The fraction of sp³-hybridized carbons (Fsp3) is 0.550. The average molecular weight is 369 g/mol. The first kappa shape index (κ1) is 18.0. The van der Waals surface area contributed by atoms with Crippen molar-refractivity contribution in [3.8, 4) is 0 Å². The molecule has 0 saturated carbocycles. The largest absolute Gasteiger partial charge is 0.455 e. The van der Waals surface area contributed by atoms with Crippen molar-refractivity contribution in [1.82, 2.24) is 19.8 Å². The molecule has 0 spiro atoms. The van der Waals surface area contributed by atoms with Crippen LogP contribution in [0.25, 0.3) is 0 Å². The number of furan rings is 1. The lowest BCUT2D eigenvalue weighted by Crippen LogP contribution is -2.49. The number of nitrogens with zero attached hydrogens (tertiary/aromatic N) is 5. The van der Waals surface area contributed by atoms with Gasteiger partial charge in [-0.2, -0.15) is 0 Å². The van der Waals surface area contributed by atoms with Crippen molar-refractivity contribution in [3.05, 3.63) is 41.7 Å². The Morgan fingerprint density at radius 3 is 2.59 bits per heavy atom. The topological polar surface area (TPSA) is 65.7 Å². The van der Waals surface area contributed by atoms with Gasteiger partial charge < -0.3 is 14.2 Å². The maximum absolute atomic E-state index is 12.8. The number of piperazine rings is 1. The van der Waals surface area contributed by atoms with Crippen LogP contribution in [-0.4, -0.2) is 64.9 Å². The van der Waals surface area contributed by atoms with E-state index in [1.165, 1.54) is 12.8 Å². The number of carbonyl (C=O) groups is 1. The maximum atomic E-state index is 12.8. The van der Waals surface area contributed by atoms with Gasteiger partial charge in [0.2, 0.25) is 0 Å². The molecule has 7 nitrogen and oxygen atoms in total. The standard InChI is InChI=1S/C20H27N5O2/c1-2-16-13-19(22-15-21-16)24-9-11-25(12-10-24)20(26)18-6-5-17(27-18)14-23-7-3-4-8-23/h5-6,13,15H,2-4,7-12,14H2,1H3. The summed E-state index contributed by atoms with van der Waals surface area (Å²) in [6, 6.07) is 5.79. The first-order valence-electron chi connectivity index (χ1n) is 9.89. The Bertz CT molecular complexity index is 776. The third-order valence-electron chi connectivity index (χ3n) is 5.41. The molecule has 0 N–H and O–H groups in total. The van der Waals surface area contributed by atoms with Crippen LogP contribution in [0.2, 0.25) is 0 Å². The van der Waals surface area contributed by atoms with Gasteiger partial charge in [0.1, 0.15) is 17.9 Å². The van der Waals surface area contributed by atoms with Gasteiger partial charge in [0.25, 0.3) is 5.91 Å². The Kier molecular flexibility index (Phi) is 5.38. The number of carbonyl (C=O) groups excluding carboxylic acids is 1. The molecule has 1 amide bonds. The van der Waals surface area contributed by atoms with E-state index in [1.54, 1.807) is 6.33 Å². The molecule has 2 aliphatic rings. The highest BCUT2D eigenvalue weighted by Gasteiger charge is 2.25. The van der Waals surface area contributed by atoms with Gasteiger partial charge in [0.05, 0.1) is 6.54 Å². The van der Waals surface area contributed by atoms with E-state index >= 15 is 0 Å². The number of likely N-dealkylation sites (tertiary alicyclic amines) is 1. The van der Waals surface area contributed by atoms with Gasteiger partial charge in [0.15, 0.2) is 5.76 Å². The third kappa shape index (κ3) is 4.13. The lowest BCUT2D eigenvalue weighted by molar-refractivity contribution is 0.0711. The number of hydrogen-bond donors (Lipinski definition) is 0. The van der Waals surface area contributed by atoms with Crippen LogP contribution in [0.5, 0.6) is 0 Å². The summed E-state index contributed by atoms with van der Waals surface area (Å²) in [5.41, 5.74) is 1.04. The van der Waals surface area contributed by atoms with Crippen LogP contribution < -0.4 is 4.90 Å². The molecule has 2 saturated heterocycles. The van der Waals surface area contributed by atoms with Crippen molar-refractivity contribution in [1.29, 1.82) is 0 Å². The highest BCUT2D eigenvalue weighted by molar-refractivity contribution is 5.91. The van der Waals surface area contributed by atoms with Crippen LogP contribution in [0.4, 0.5) is 5.82 Å². The maximum Gasteiger partial charge on any atom is 0.289 e. The van der Waals surface area contributed by atoms with E-state index in [9.17, 15) is 4.79 Å². The number of anilines is 1. The third-order valence-corrected chi connectivity index (χ3v) is 5.41. The molecule has 4 rings (SSSR count). The lowest BCUT2D eigenvalue weighted by atomic mass is 10.2. The van der Waals surface area contributed by atoms with Gasteiger partial charge in [-0.15, -0.1) is 0 Å². The highest BCUT2D eigenvalue weighted by atomic mass is 16.4. The Balaban J connectivity index is 1.33. The SMILES string of the molecule is CCc1cc(N2CCN(C(=O)c3ccc(CN4CCCC4)o3)CC2)ncn1. The van der Waals surface area contributed by atoms with E-state index < -0.39 is 0 Å². The van der Waals surface area contributed by atoms with Crippen LogP contribution in [0.3, 0.4) is 0 Å². The van der Waals surface area contributed by atoms with Gasteiger partial charge in [-0.1, -0.05) is 6.92 Å². The summed E-state index contributed by atoms with van der Waals surface area (Å²) in [6.07, 6.45) is 5.02. The van der Waals surface area contributed by atoms with Crippen LogP contribution in [0.1, 0.15) is 41.8 Å². The van der Waals surface area contributed by atoms with Gasteiger partial charge in [-0.05, 0) is 44.5 Å². The van der Waals surface area contributed by atoms with Gasteiger partial charge in [-0.25, -0.2) is 9.97 Å². The molecule has 2 aromatic rings. The van der Waals surface area contributed by atoms with Gasteiger partial charge in [0, 0.05) is 37.9 Å². The molecular weight excluding hydrogens is 342 g/mol. The summed E-state index contributed by atoms with van der Waals surface area (Å²) in [7, 11) is 0. The Labute approximate surface area is 160 Å². The van der Waals surface area contributed by atoms with E-state index in [0.29, 0.717) is 18.8 Å². The van der Waals surface area contributed by atoms with Crippen molar-refractivity contribution >= 4 is 11.7 Å². The van der Waals surface area contributed by atoms with Crippen molar-refractivity contribution in [2.75, 3.05) is 44.2 Å². The second-order valence-corrected chi connectivity index (χ2v) is 7.25. The average Bonchev–Trinajstić information content (AvgIpc) is 3.40. The molecule has 0 aromatic carbocycles. The fourth-order valence-electron chi connectivity index (χ4n) is 3.79. The second-order valence-electron chi connectivity index (χ2n) is 7.25. The van der Waals surface area contributed by atoms with Gasteiger partial charge in [-0.3, -0.25) is 9.69 Å². The summed E-state index contributed by atoms with van der Waals surface area (Å²) in [5.74, 6) is 2.26. The molecule has 144 valence electrons. The zero-order valence-electron chi connectivity index (χ0n) is 15.9.